The molecule has 21 heavy (non-hydrogen) atoms. The number of carboxylic acids is 1. The number of carboxylic acid groups (broad SMARTS) is 1. The first kappa shape index (κ1) is 16.7. The fraction of sp³-hybridized carbons (Fsp3) is 0.938. The second-order valence-corrected chi connectivity index (χ2v) is 6.88. The first-order valence-electron chi connectivity index (χ1n) is 8.38. The normalized spacial score (nSPS) is 31.9. The predicted molar refractivity (Wildman–Crippen MR) is 84.5 cm³/mol. The van der Waals surface area contributed by atoms with E-state index >= 15 is 0 Å². The SMILES string of the molecule is CNC1(C(=O)O)CCCC1CCN1CCN(C(C)C)CC1. The highest BCUT2D eigenvalue weighted by atomic mass is 16.4. The third-order valence-corrected chi connectivity index (χ3v) is 5.58. The molecule has 0 aromatic heterocycles. The lowest BCUT2D eigenvalue weighted by Crippen LogP contribution is -2.54. The summed E-state index contributed by atoms with van der Waals surface area (Å²) in [6, 6.07) is 0.630. The summed E-state index contributed by atoms with van der Waals surface area (Å²) >= 11 is 0. The third kappa shape index (κ3) is 3.58. The second-order valence-electron chi connectivity index (χ2n) is 6.88. The van der Waals surface area contributed by atoms with Crippen molar-refractivity contribution in [3.63, 3.8) is 0 Å². The van der Waals surface area contributed by atoms with E-state index in [4.69, 9.17) is 0 Å². The van der Waals surface area contributed by atoms with Crippen molar-refractivity contribution < 1.29 is 9.90 Å². The molecule has 1 saturated carbocycles. The van der Waals surface area contributed by atoms with E-state index in [1.54, 1.807) is 7.05 Å². The molecular formula is C16H31N3O2. The minimum atomic E-state index is -0.681. The van der Waals surface area contributed by atoms with Crippen LogP contribution in [0.5, 0.6) is 0 Å². The van der Waals surface area contributed by atoms with Crippen molar-refractivity contribution in [1.82, 2.24) is 15.1 Å². The molecule has 2 atom stereocenters. The molecule has 1 heterocycles. The van der Waals surface area contributed by atoms with E-state index < -0.39 is 11.5 Å². The van der Waals surface area contributed by atoms with Gasteiger partial charge in [-0.15, -0.1) is 0 Å². The number of likely N-dealkylation sites (N-methyl/N-ethyl adjacent to an activating group) is 1. The highest BCUT2D eigenvalue weighted by Crippen LogP contribution is 2.38. The van der Waals surface area contributed by atoms with Gasteiger partial charge in [0.25, 0.3) is 0 Å². The molecule has 0 spiro atoms. The second kappa shape index (κ2) is 7.07. The molecule has 5 nitrogen and oxygen atoms in total. The average Bonchev–Trinajstić information content (AvgIpc) is 2.89. The Balaban J connectivity index is 1.82. The Morgan fingerprint density at radius 1 is 1.33 bits per heavy atom. The highest BCUT2D eigenvalue weighted by molar-refractivity contribution is 5.79. The Morgan fingerprint density at radius 2 is 2.00 bits per heavy atom. The van der Waals surface area contributed by atoms with E-state index in [0.717, 1.165) is 58.4 Å². The summed E-state index contributed by atoms with van der Waals surface area (Å²) in [7, 11) is 1.80. The van der Waals surface area contributed by atoms with Gasteiger partial charge in [-0.05, 0) is 52.6 Å². The molecule has 0 aromatic carbocycles. The van der Waals surface area contributed by atoms with Crippen molar-refractivity contribution in [2.24, 2.45) is 5.92 Å². The summed E-state index contributed by atoms with van der Waals surface area (Å²) in [6.07, 6.45) is 3.83. The molecular weight excluding hydrogens is 266 g/mol. The molecule has 2 fully saturated rings. The van der Waals surface area contributed by atoms with Gasteiger partial charge in [-0.1, -0.05) is 6.42 Å². The van der Waals surface area contributed by atoms with E-state index in [1.807, 2.05) is 0 Å². The van der Waals surface area contributed by atoms with Crippen molar-refractivity contribution in [3.05, 3.63) is 0 Å². The summed E-state index contributed by atoms with van der Waals surface area (Å²) < 4.78 is 0. The summed E-state index contributed by atoms with van der Waals surface area (Å²) in [5.41, 5.74) is -0.681. The van der Waals surface area contributed by atoms with Crippen LogP contribution in [0.3, 0.4) is 0 Å². The molecule has 122 valence electrons. The average molecular weight is 297 g/mol. The molecule has 0 amide bonds. The number of piperazine rings is 1. The van der Waals surface area contributed by atoms with Crippen molar-refractivity contribution in [3.8, 4) is 0 Å². The maximum absolute atomic E-state index is 11.7. The number of nitrogens with zero attached hydrogens (tertiary/aromatic N) is 2. The number of hydrogen-bond donors (Lipinski definition) is 2. The Morgan fingerprint density at radius 3 is 2.52 bits per heavy atom. The zero-order valence-corrected chi connectivity index (χ0v) is 13.8. The van der Waals surface area contributed by atoms with Crippen molar-refractivity contribution in [2.45, 2.75) is 51.1 Å². The number of hydrogen-bond acceptors (Lipinski definition) is 4. The van der Waals surface area contributed by atoms with E-state index in [-0.39, 0.29) is 5.92 Å². The van der Waals surface area contributed by atoms with Crippen LogP contribution in [0.2, 0.25) is 0 Å². The van der Waals surface area contributed by atoms with E-state index in [2.05, 4.69) is 29.0 Å². The number of rotatable bonds is 6. The zero-order valence-electron chi connectivity index (χ0n) is 13.8. The molecule has 1 aliphatic heterocycles. The molecule has 0 radical (unpaired) electrons. The van der Waals surface area contributed by atoms with Crippen LogP contribution < -0.4 is 5.32 Å². The molecule has 2 N–H and O–H groups in total. The van der Waals surface area contributed by atoms with Crippen LogP contribution in [0.15, 0.2) is 0 Å². The van der Waals surface area contributed by atoms with Gasteiger partial charge in [-0.2, -0.15) is 0 Å². The zero-order chi connectivity index (χ0) is 15.5. The van der Waals surface area contributed by atoms with Crippen LogP contribution in [-0.2, 0) is 4.79 Å². The smallest absolute Gasteiger partial charge is 0.324 e. The van der Waals surface area contributed by atoms with Crippen molar-refractivity contribution in [1.29, 1.82) is 0 Å². The minimum absolute atomic E-state index is 0.267. The molecule has 2 unspecified atom stereocenters. The standard InChI is InChI=1S/C16H31N3O2/c1-13(2)19-11-9-18(10-12-19)8-6-14-5-4-7-16(14,17-3)15(20)21/h13-14,17H,4-12H2,1-3H3,(H,20,21). The summed E-state index contributed by atoms with van der Waals surface area (Å²) in [5, 5.41) is 12.7. The topological polar surface area (TPSA) is 55.8 Å². The minimum Gasteiger partial charge on any atom is -0.480 e. The van der Waals surface area contributed by atoms with Gasteiger partial charge >= 0.3 is 5.97 Å². The molecule has 2 aliphatic rings. The van der Waals surface area contributed by atoms with Crippen LogP contribution >= 0.6 is 0 Å². The van der Waals surface area contributed by atoms with Gasteiger partial charge in [0.2, 0.25) is 0 Å². The molecule has 0 bridgehead atoms. The predicted octanol–water partition coefficient (Wildman–Crippen LogP) is 1.25. The maximum atomic E-state index is 11.7. The van der Waals surface area contributed by atoms with Gasteiger partial charge in [0.15, 0.2) is 0 Å². The van der Waals surface area contributed by atoms with E-state index in [0.29, 0.717) is 6.04 Å². The van der Waals surface area contributed by atoms with Crippen LogP contribution in [0.4, 0.5) is 0 Å². The third-order valence-electron chi connectivity index (χ3n) is 5.58. The van der Waals surface area contributed by atoms with Crippen LogP contribution in [0.1, 0.15) is 39.5 Å². The lowest BCUT2D eigenvalue weighted by molar-refractivity contribution is -0.146. The Kier molecular flexibility index (Phi) is 5.63. The first-order valence-corrected chi connectivity index (χ1v) is 8.38. The molecule has 1 aliphatic carbocycles. The van der Waals surface area contributed by atoms with Crippen molar-refractivity contribution in [2.75, 3.05) is 39.8 Å². The lowest BCUT2D eigenvalue weighted by atomic mass is 9.84. The van der Waals surface area contributed by atoms with Gasteiger partial charge in [0, 0.05) is 32.2 Å². The van der Waals surface area contributed by atoms with Crippen LogP contribution in [-0.4, -0.2) is 72.2 Å². The fourth-order valence-corrected chi connectivity index (χ4v) is 4.03. The molecule has 2 rings (SSSR count). The number of aliphatic carboxylic acids is 1. The Hall–Kier alpha value is -0.650. The molecule has 1 saturated heterocycles. The summed E-state index contributed by atoms with van der Waals surface area (Å²) in [4.78, 5) is 16.7. The van der Waals surface area contributed by atoms with Gasteiger partial charge in [-0.3, -0.25) is 9.69 Å². The Bertz CT molecular complexity index is 353. The highest BCUT2D eigenvalue weighted by Gasteiger charge is 2.47. The first-order chi connectivity index (χ1) is 9.99. The molecule has 5 heteroatoms. The fourth-order valence-electron chi connectivity index (χ4n) is 4.03. The summed E-state index contributed by atoms with van der Waals surface area (Å²) in [6.45, 7) is 10.0. The van der Waals surface area contributed by atoms with Gasteiger partial charge in [0.05, 0.1) is 0 Å². The monoisotopic (exact) mass is 297 g/mol. The quantitative estimate of drug-likeness (QED) is 0.773. The van der Waals surface area contributed by atoms with E-state index in [9.17, 15) is 9.90 Å². The van der Waals surface area contributed by atoms with Gasteiger partial charge < -0.3 is 15.3 Å². The van der Waals surface area contributed by atoms with Crippen LogP contribution in [0, 0.1) is 5.92 Å². The maximum Gasteiger partial charge on any atom is 0.324 e. The lowest BCUT2D eigenvalue weighted by Gasteiger charge is -2.38. The van der Waals surface area contributed by atoms with Crippen LogP contribution in [0.25, 0.3) is 0 Å². The van der Waals surface area contributed by atoms with Gasteiger partial charge in [-0.25, -0.2) is 0 Å². The number of carbonyl (C=O) groups is 1. The number of nitrogens with one attached hydrogen (secondary N) is 1. The Labute approximate surface area is 128 Å². The summed E-state index contributed by atoms with van der Waals surface area (Å²) in [5.74, 6) is -0.403. The largest absolute Gasteiger partial charge is 0.480 e. The van der Waals surface area contributed by atoms with Gasteiger partial charge in [0.1, 0.15) is 5.54 Å². The van der Waals surface area contributed by atoms with E-state index in [1.165, 1.54) is 0 Å². The molecule has 0 aromatic rings. The van der Waals surface area contributed by atoms with Crippen molar-refractivity contribution >= 4 is 5.97 Å².